The average molecular weight is 138 g/mol. The van der Waals surface area contributed by atoms with Crippen LogP contribution in [0.2, 0.25) is 17.0 Å². The minimum absolute atomic E-state index is 0.0463. The van der Waals surface area contributed by atoms with Crippen molar-refractivity contribution in [3.63, 3.8) is 0 Å². The molecule has 0 aromatic rings. The van der Waals surface area contributed by atoms with Gasteiger partial charge in [-0.25, -0.2) is 0 Å². The maximum atomic E-state index is 2.35. The van der Waals surface area contributed by atoms with Crippen LogP contribution in [0.1, 0.15) is 6.92 Å². The van der Waals surface area contributed by atoms with Gasteiger partial charge in [0.2, 0.25) is 0 Å². The van der Waals surface area contributed by atoms with E-state index in [1.54, 1.807) is 0 Å². The van der Waals surface area contributed by atoms with Crippen LogP contribution >= 0.6 is 0 Å². The van der Waals surface area contributed by atoms with E-state index in [4.69, 9.17) is 0 Å². The van der Waals surface area contributed by atoms with Crippen LogP contribution in [0, 0.1) is 0 Å². The van der Waals surface area contributed by atoms with Gasteiger partial charge in [-0.2, -0.15) is 0 Å². The third kappa shape index (κ3) is 4.52. The molecule has 0 atom stereocenters. The third-order valence-corrected chi connectivity index (χ3v) is 3.00. The standard InChI is InChI=1S/C4H11Se/c1-4-5(2)3/h4H2,1-3H3/q+1. The fourth-order valence-corrected chi connectivity index (χ4v) is 0. The second-order valence-electron chi connectivity index (χ2n) is 1.27. The molecule has 0 bridgehead atoms. The molecule has 1 heteroatoms. The zero-order valence-electron chi connectivity index (χ0n) is 4.12. The monoisotopic (exact) mass is 139 g/mol. The fraction of sp³-hybridized carbons (Fsp3) is 1.00. The predicted molar refractivity (Wildman–Crippen MR) is 28.0 cm³/mol. The van der Waals surface area contributed by atoms with E-state index in [1.165, 1.54) is 5.32 Å². The van der Waals surface area contributed by atoms with E-state index in [0.29, 0.717) is 0 Å². The van der Waals surface area contributed by atoms with E-state index in [9.17, 15) is 0 Å². The van der Waals surface area contributed by atoms with Gasteiger partial charge in [0.05, 0.1) is 0 Å². The molecule has 0 N–H and O–H groups in total. The molecule has 0 aromatic heterocycles. The molecule has 0 saturated heterocycles. The third-order valence-electron chi connectivity index (χ3n) is 0.577. The fourth-order valence-electron chi connectivity index (χ4n) is 0. The average Bonchev–Trinajstić information content (AvgIpc) is 1.38. The van der Waals surface area contributed by atoms with Crippen LogP contribution in [-0.4, -0.2) is 13.9 Å². The molecule has 5 heavy (non-hydrogen) atoms. The van der Waals surface area contributed by atoms with Crippen LogP contribution in [0.3, 0.4) is 0 Å². The van der Waals surface area contributed by atoms with Crippen molar-refractivity contribution in [1.82, 2.24) is 0 Å². The second kappa shape index (κ2) is 2.74. The van der Waals surface area contributed by atoms with Crippen LogP contribution in [0.4, 0.5) is 0 Å². The van der Waals surface area contributed by atoms with Crippen molar-refractivity contribution in [2.75, 3.05) is 0 Å². The SMILES string of the molecule is CC[Se+](C)C. The molecule has 0 aliphatic heterocycles. The van der Waals surface area contributed by atoms with Gasteiger partial charge in [-0.05, 0) is 0 Å². The Morgan fingerprint density at radius 1 is 1.40 bits per heavy atom. The van der Waals surface area contributed by atoms with Crippen LogP contribution in [0.15, 0.2) is 0 Å². The first kappa shape index (κ1) is 5.52. The zero-order chi connectivity index (χ0) is 4.28. The number of hydrogen-bond donors (Lipinski definition) is 0. The van der Waals surface area contributed by atoms with Gasteiger partial charge in [0.1, 0.15) is 0 Å². The topological polar surface area (TPSA) is 0 Å². The van der Waals surface area contributed by atoms with E-state index in [2.05, 4.69) is 18.6 Å². The molecule has 0 amide bonds. The van der Waals surface area contributed by atoms with E-state index in [-0.39, 0.29) is 13.9 Å². The first-order valence-electron chi connectivity index (χ1n) is 1.81. The molecule has 0 aliphatic carbocycles. The van der Waals surface area contributed by atoms with Crippen molar-refractivity contribution in [1.29, 1.82) is 0 Å². The summed E-state index contributed by atoms with van der Waals surface area (Å²) in [6.07, 6.45) is 0. The summed E-state index contributed by atoms with van der Waals surface area (Å²) in [5, 5.41) is 1.43. The van der Waals surface area contributed by atoms with Crippen molar-refractivity contribution < 1.29 is 0 Å². The Balaban J connectivity index is 2.54. The first-order chi connectivity index (χ1) is 2.27. The molecule has 0 radical (unpaired) electrons. The maximum absolute atomic E-state index is 2.35. The molecule has 0 spiro atoms. The molecule has 0 heterocycles. The number of rotatable bonds is 1. The predicted octanol–water partition coefficient (Wildman–Crippen LogP) is 1.76. The van der Waals surface area contributed by atoms with E-state index in [0.717, 1.165) is 0 Å². The van der Waals surface area contributed by atoms with Gasteiger partial charge in [0.25, 0.3) is 0 Å². The van der Waals surface area contributed by atoms with Crippen molar-refractivity contribution in [2.24, 2.45) is 0 Å². The van der Waals surface area contributed by atoms with Gasteiger partial charge < -0.3 is 0 Å². The van der Waals surface area contributed by atoms with E-state index in [1.807, 2.05) is 0 Å². The van der Waals surface area contributed by atoms with Crippen LogP contribution in [0.25, 0.3) is 0 Å². The molecule has 0 saturated carbocycles. The summed E-state index contributed by atoms with van der Waals surface area (Å²) in [6.45, 7) is 2.25. The molecule has 0 nitrogen and oxygen atoms in total. The molecule has 0 rings (SSSR count). The summed E-state index contributed by atoms with van der Waals surface area (Å²) in [4.78, 5) is 0. The summed E-state index contributed by atoms with van der Waals surface area (Å²) in [6, 6.07) is 0. The zero-order valence-corrected chi connectivity index (χ0v) is 5.83. The molecule has 0 fully saturated rings. The number of hydrogen-bond acceptors (Lipinski definition) is 0. The van der Waals surface area contributed by atoms with Gasteiger partial charge in [-0.3, -0.25) is 0 Å². The van der Waals surface area contributed by atoms with Gasteiger partial charge >= 0.3 is 37.8 Å². The molecule has 0 unspecified atom stereocenters. The van der Waals surface area contributed by atoms with Gasteiger partial charge in [-0.15, -0.1) is 0 Å². The Morgan fingerprint density at radius 2 is 1.60 bits per heavy atom. The summed E-state index contributed by atoms with van der Waals surface area (Å²) < 4.78 is 0. The molecule has 0 aromatic carbocycles. The van der Waals surface area contributed by atoms with Crippen molar-refractivity contribution >= 4 is 13.9 Å². The summed E-state index contributed by atoms with van der Waals surface area (Å²) in [5.74, 6) is 4.69. The Labute approximate surface area is 38.5 Å². The second-order valence-corrected chi connectivity index (χ2v) is 6.62. The molecule has 32 valence electrons. The quantitative estimate of drug-likeness (QED) is 0.484. The Morgan fingerprint density at radius 3 is 1.60 bits per heavy atom. The first-order valence-corrected chi connectivity index (χ1v) is 6.45. The summed E-state index contributed by atoms with van der Waals surface area (Å²) in [7, 11) is 0. The molecular weight excluding hydrogens is 127 g/mol. The molecular formula is C4H11Se+. The van der Waals surface area contributed by atoms with E-state index >= 15 is 0 Å². The van der Waals surface area contributed by atoms with Crippen LogP contribution < -0.4 is 0 Å². The Hall–Kier alpha value is 0.519. The summed E-state index contributed by atoms with van der Waals surface area (Å²) in [5.41, 5.74) is 0. The minimum atomic E-state index is -0.0463. The summed E-state index contributed by atoms with van der Waals surface area (Å²) >= 11 is -0.0463. The van der Waals surface area contributed by atoms with Crippen LogP contribution in [0.5, 0.6) is 0 Å². The van der Waals surface area contributed by atoms with Gasteiger partial charge in [0.15, 0.2) is 0 Å². The normalized spacial score (nSPS) is 9.60. The van der Waals surface area contributed by atoms with Crippen molar-refractivity contribution in [2.45, 2.75) is 23.9 Å². The van der Waals surface area contributed by atoms with Crippen LogP contribution in [-0.2, 0) is 0 Å². The van der Waals surface area contributed by atoms with Gasteiger partial charge in [-0.1, -0.05) is 0 Å². The van der Waals surface area contributed by atoms with E-state index < -0.39 is 0 Å². The Kier molecular flexibility index (Phi) is 3.03. The van der Waals surface area contributed by atoms with Crippen molar-refractivity contribution in [3.8, 4) is 0 Å². The Bertz CT molecular complexity index is 17.6. The van der Waals surface area contributed by atoms with Gasteiger partial charge in [0, 0.05) is 0 Å². The van der Waals surface area contributed by atoms with Crippen molar-refractivity contribution in [3.05, 3.63) is 0 Å². The molecule has 0 aliphatic rings.